The molecule has 1 aromatic carbocycles. The highest BCUT2D eigenvalue weighted by atomic mass is 32.1. The molecule has 0 bridgehead atoms. The van der Waals surface area contributed by atoms with Crippen LogP contribution in [0.15, 0.2) is 29.6 Å². The van der Waals surface area contributed by atoms with Gasteiger partial charge in [0, 0.05) is 16.6 Å². The molecule has 0 N–H and O–H groups in total. The highest BCUT2D eigenvalue weighted by molar-refractivity contribution is 7.13. The molecule has 0 spiro atoms. The molecular formula is C15H23NS. The number of hydrogen-bond acceptors (Lipinski definition) is 2. The fraction of sp³-hybridized carbons (Fsp3) is 0.400. The van der Waals surface area contributed by atoms with Crippen LogP contribution in [-0.4, -0.2) is 4.98 Å². The SMILES string of the molecule is CC.CC.Cc1ccc(-c2nc(C)cs2)cc1. The maximum absolute atomic E-state index is 4.43. The third kappa shape index (κ3) is 5.14. The molecule has 1 nitrogen and oxygen atoms in total. The summed E-state index contributed by atoms with van der Waals surface area (Å²) in [7, 11) is 0. The number of benzene rings is 1. The van der Waals surface area contributed by atoms with Crippen molar-refractivity contribution in [3.63, 3.8) is 0 Å². The van der Waals surface area contributed by atoms with E-state index in [2.05, 4.69) is 41.6 Å². The first-order valence-electron chi connectivity index (χ1n) is 6.25. The van der Waals surface area contributed by atoms with Gasteiger partial charge in [0.1, 0.15) is 5.01 Å². The summed E-state index contributed by atoms with van der Waals surface area (Å²) in [5.74, 6) is 0. The summed E-state index contributed by atoms with van der Waals surface area (Å²) in [5.41, 5.74) is 3.60. The summed E-state index contributed by atoms with van der Waals surface area (Å²) in [6.07, 6.45) is 0. The molecular weight excluding hydrogens is 226 g/mol. The van der Waals surface area contributed by atoms with E-state index in [1.807, 2.05) is 34.6 Å². The zero-order chi connectivity index (χ0) is 13.3. The highest BCUT2D eigenvalue weighted by Gasteiger charge is 2.00. The predicted octanol–water partition coefficient (Wildman–Crippen LogP) is 5.48. The summed E-state index contributed by atoms with van der Waals surface area (Å²) >= 11 is 1.70. The third-order valence-corrected chi connectivity index (χ3v) is 2.93. The van der Waals surface area contributed by atoms with Crippen molar-refractivity contribution in [2.75, 3.05) is 0 Å². The van der Waals surface area contributed by atoms with Gasteiger partial charge in [-0.15, -0.1) is 11.3 Å². The van der Waals surface area contributed by atoms with Crippen LogP contribution in [0.2, 0.25) is 0 Å². The fourth-order valence-electron chi connectivity index (χ4n) is 1.18. The summed E-state index contributed by atoms with van der Waals surface area (Å²) in [4.78, 5) is 4.43. The topological polar surface area (TPSA) is 12.9 Å². The molecule has 0 radical (unpaired) electrons. The van der Waals surface area contributed by atoms with Gasteiger partial charge < -0.3 is 0 Å². The molecule has 0 atom stereocenters. The van der Waals surface area contributed by atoms with Gasteiger partial charge in [0.15, 0.2) is 0 Å². The van der Waals surface area contributed by atoms with Crippen molar-refractivity contribution >= 4 is 11.3 Å². The first-order chi connectivity index (χ1) is 8.25. The van der Waals surface area contributed by atoms with Crippen LogP contribution >= 0.6 is 11.3 Å². The van der Waals surface area contributed by atoms with Gasteiger partial charge in [-0.05, 0) is 13.8 Å². The Bertz CT molecular complexity index is 401. The summed E-state index contributed by atoms with van der Waals surface area (Å²) in [6, 6.07) is 8.47. The Balaban J connectivity index is 0.000000581. The quantitative estimate of drug-likeness (QED) is 0.652. The lowest BCUT2D eigenvalue weighted by Gasteiger charge is -1.95. The molecule has 0 saturated heterocycles. The van der Waals surface area contributed by atoms with E-state index in [4.69, 9.17) is 0 Å². The van der Waals surface area contributed by atoms with Gasteiger partial charge in [0.05, 0.1) is 0 Å². The van der Waals surface area contributed by atoms with Crippen LogP contribution in [0.5, 0.6) is 0 Å². The normalized spacial score (nSPS) is 8.59. The Labute approximate surface area is 110 Å². The van der Waals surface area contributed by atoms with Crippen molar-refractivity contribution in [3.05, 3.63) is 40.9 Å². The van der Waals surface area contributed by atoms with Gasteiger partial charge in [-0.25, -0.2) is 4.98 Å². The first-order valence-corrected chi connectivity index (χ1v) is 7.13. The Morgan fingerprint density at radius 3 is 1.82 bits per heavy atom. The average Bonchev–Trinajstić information content (AvgIpc) is 2.82. The van der Waals surface area contributed by atoms with E-state index in [1.54, 1.807) is 11.3 Å². The molecule has 0 fully saturated rings. The van der Waals surface area contributed by atoms with Gasteiger partial charge in [0.2, 0.25) is 0 Å². The van der Waals surface area contributed by atoms with Crippen molar-refractivity contribution in [2.24, 2.45) is 0 Å². The van der Waals surface area contributed by atoms with Crippen LogP contribution in [0, 0.1) is 13.8 Å². The van der Waals surface area contributed by atoms with E-state index in [9.17, 15) is 0 Å². The van der Waals surface area contributed by atoms with Crippen molar-refractivity contribution in [3.8, 4) is 10.6 Å². The molecule has 1 heterocycles. The Morgan fingerprint density at radius 2 is 1.41 bits per heavy atom. The number of nitrogens with zero attached hydrogens (tertiary/aromatic N) is 1. The Kier molecular flexibility index (Phi) is 8.34. The van der Waals surface area contributed by atoms with Gasteiger partial charge in [0.25, 0.3) is 0 Å². The minimum atomic E-state index is 1.10. The highest BCUT2D eigenvalue weighted by Crippen LogP contribution is 2.23. The third-order valence-electron chi connectivity index (χ3n) is 1.92. The second-order valence-electron chi connectivity index (χ2n) is 3.16. The van der Waals surface area contributed by atoms with Crippen LogP contribution < -0.4 is 0 Å². The van der Waals surface area contributed by atoms with Crippen molar-refractivity contribution in [2.45, 2.75) is 41.5 Å². The molecule has 0 aliphatic rings. The van der Waals surface area contributed by atoms with Gasteiger partial charge in [-0.1, -0.05) is 57.5 Å². The van der Waals surface area contributed by atoms with Crippen molar-refractivity contribution in [1.82, 2.24) is 4.98 Å². The standard InChI is InChI=1S/C11H11NS.2C2H6/c1-8-3-5-10(6-4-8)11-12-9(2)7-13-11;2*1-2/h3-7H,1-2H3;2*1-2H3. The molecule has 0 aliphatic carbocycles. The van der Waals surface area contributed by atoms with E-state index in [1.165, 1.54) is 11.1 Å². The molecule has 0 amide bonds. The number of thiazole rings is 1. The predicted molar refractivity (Wildman–Crippen MR) is 79.7 cm³/mol. The molecule has 94 valence electrons. The Hall–Kier alpha value is -1.15. The minimum Gasteiger partial charge on any atom is -0.241 e. The molecule has 0 unspecified atom stereocenters. The summed E-state index contributed by atoms with van der Waals surface area (Å²) in [6.45, 7) is 12.1. The van der Waals surface area contributed by atoms with E-state index in [0.29, 0.717) is 0 Å². The number of hydrogen-bond donors (Lipinski definition) is 0. The lowest BCUT2D eigenvalue weighted by Crippen LogP contribution is -1.77. The lowest BCUT2D eigenvalue weighted by atomic mass is 10.2. The van der Waals surface area contributed by atoms with E-state index < -0.39 is 0 Å². The largest absolute Gasteiger partial charge is 0.241 e. The lowest BCUT2D eigenvalue weighted by molar-refractivity contribution is 1.27. The van der Waals surface area contributed by atoms with E-state index in [0.717, 1.165) is 10.7 Å². The van der Waals surface area contributed by atoms with Crippen LogP contribution in [0.1, 0.15) is 39.0 Å². The number of aryl methyl sites for hydroxylation is 2. The average molecular weight is 249 g/mol. The molecule has 0 saturated carbocycles. The van der Waals surface area contributed by atoms with Crippen LogP contribution in [0.3, 0.4) is 0 Å². The molecule has 2 aromatic rings. The number of rotatable bonds is 1. The molecule has 2 rings (SSSR count). The van der Waals surface area contributed by atoms with Gasteiger partial charge in [-0.3, -0.25) is 0 Å². The molecule has 0 aliphatic heterocycles. The smallest absolute Gasteiger partial charge is 0.123 e. The molecule has 2 heteroatoms. The Morgan fingerprint density at radius 1 is 0.882 bits per heavy atom. The van der Waals surface area contributed by atoms with E-state index >= 15 is 0 Å². The van der Waals surface area contributed by atoms with Gasteiger partial charge >= 0.3 is 0 Å². The second-order valence-corrected chi connectivity index (χ2v) is 4.02. The van der Waals surface area contributed by atoms with Crippen molar-refractivity contribution in [1.29, 1.82) is 0 Å². The van der Waals surface area contributed by atoms with Crippen LogP contribution in [-0.2, 0) is 0 Å². The first kappa shape index (κ1) is 15.9. The molecule has 17 heavy (non-hydrogen) atoms. The van der Waals surface area contributed by atoms with Crippen LogP contribution in [0.4, 0.5) is 0 Å². The summed E-state index contributed by atoms with van der Waals surface area (Å²) in [5, 5.41) is 3.19. The monoisotopic (exact) mass is 249 g/mol. The zero-order valence-electron chi connectivity index (χ0n) is 11.7. The second kappa shape index (κ2) is 8.94. The maximum Gasteiger partial charge on any atom is 0.123 e. The zero-order valence-corrected chi connectivity index (χ0v) is 12.6. The summed E-state index contributed by atoms with van der Waals surface area (Å²) < 4.78 is 0. The van der Waals surface area contributed by atoms with Crippen LogP contribution in [0.25, 0.3) is 10.6 Å². The number of aromatic nitrogens is 1. The maximum atomic E-state index is 4.43. The fourth-order valence-corrected chi connectivity index (χ4v) is 1.99. The molecule has 1 aromatic heterocycles. The van der Waals surface area contributed by atoms with E-state index in [-0.39, 0.29) is 0 Å². The van der Waals surface area contributed by atoms with Gasteiger partial charge in [-0.2, -0.15) is 0 Å². The van der Waals surface area contributed by atoms with Crippen molar-refractivity contribution < 1.29 is 0 Å². The minimum absolute atomic E-state index is 1.10.